The molecule has 4 rings (SSSR count). The monoisotopic (exact) mass is 420 g/mol. The normalized spacial score (nSPS) is 16.7. The van der Waals surface area contributed by atoms with Gasteiger partial charge in [0.05, 0.1) is 5.52 Å². The number of hydrogen-bond acceptors (Lipinski definition) is 5. The number of nitrogens with zero attached hydrogens (tertiary/aromatic N) is 2. The lowest BCUT2D eigenvalue weighted by Gasteiger charge is -2.30. The zero-order chi connectivity index (χ0) is 18.8. The fourth-order valence-corrected chi connectivity index (χ4v) is 5.89. The molecule has 4 nitrogen and oxygen atoms in total. The Kier molecular flexibility index (Phi) is 5.88. The summed E-state index contributed by atoms with van der Waals surface area (Å²) >= 11 is 9.26. The second-order valence-corrected chi connectivity index (χ2v) is 9.08. The summed E-state index contributed by atoms with van der Waals surface area (Å²) in [6, 6.07) is 9.98. The molecule has 0 N–H and O–H groups in total. The van der Waals surface area contributed by atoms with Crippen LogP contribution in [0.1, 0.15) is 30.6 Å². The summed E-state index contributed by atoms with van der Waals surface area (Å²) in [6.45, 7) is 4.18. The number of hydrogen-bond donors (Lipinski definition) is 0. The first-order valence-electron chi connectivity index (χ1n) is 9.15. The fourth-order valence-electron chi connectivity index (χ4n) is 3.51. The fraction of sp³-hybridized carbons (Fsp3) is 0.400. The Balaban J connectivity index is 1.76. The van der Waals surface area contributed by atoms with Gasteiger partial charge in [0.15, 0.2) is 5.16 Å². The Morgan fingerprint density at radius 3 is 2.74 bits per heavy atom. The van der Waals surface area contributed by atoms with Gasteiger partial charge in [0.25, 0.3) is 5.56 Å². The van der Waals surface area contributed by atoms with E-state index in [1.165, 1.54) is 16.9 Å². The molecule has 1 atom stereocenters. The maximum atomic E-state index is 12.9. The molecule has 3 heterocycles. The highest BCUT2D eigenvalue weighted by Crippen LogP contribution is 2.44. The smallest absolute Gasteiger partial charge is 0.272 e. The van der Waals surface area contributed by atoms with Crippen molar-refractivity contribution in [2.75, 3.05) is 13.2 Å². The van der Waals surface area contributed by atoms with Crippen LogP contribution in [0.4, 0.5) is 0 Å². The Bertz CT molecular complexity index is 978. The molecule has 1 saturated heterocycles. The third-order valence-corrected chi connectivity index (χ3v) is 7.55. The van der Waals surface area contributed by atoms with Crippen molar-refractivity contribution in [2.24, 2.45) is 5.92 Å². The minimum atomic E-state index is 0.0573. The number of thiophene rings is 1. The summed E-state index contributed by atoms with van der Waals surface area (Å²) in [6.07, 6.45) is 2.02. The van der Waals surface area contributed by atoms with Crippen LogP contribution in [0.2, 0.25) is 5.02 Å². The first-order valence-corrected chi connectivity index (χ1v) is 11.3. The van der Waals surface area contributed by atoms with Gasteiger partial charge in [-0.3, -0.25) is 9.36 Å². The molecule has 7 heteroatoms. The molecule has 0 saturated carbocycles. The highest BCUT2D eigenvalue weighted by molar-refractivity contribution is 7.99. The average Bonchev–Trinajstić information content (AvgIpc) is 3.17. The first-order chi connectivity index (χ1) is 13.2. The van der Waals surface area contributed by atoms with E-state index >= 15 is 0 Å². The molecule has 1 aliphatic heterocycles. The van der Waals surface area contributed by atoms with Gasteiger partial charge < -0.3 is 4.74 Å². The molecule has 1 fully saturated rings. The second-order valence-electron chi connectivity index (χ2n) is 6.62. The maximum absolute atomic E-state index is 12.9. The molecule has 0 aliphatic carbocycles. The minimum absolute atomic E-state index is 0.0573. The topological polar surface area (TPSA) is 44.1 Å². The molecule has 1 aromatic carbocycles. The van der Waals surface area contributed by atoms with Crippen LogP contribution < -0.4 is 5.56 Å². The van der Waals surface area contributed by atoms with Gasteiger partial charge in [-0.25, -0.2) is 4.98 Å². The molecule has 2 aromatic heterocycles. The van der Waals surface area contributed by atoms with Crippen LogP contribution in [-0.2, 0) is 11.3 Å². The summed E-state index contributed by atoms with van der Waals surface area (Å²) in [5.41, 5.74) is 2.07. The second kappa shape index (κ2) is 8.35. The van der Waals surface area contributed by atoms with Crippen LogP contribution in [0, 0.1) is 5.92 Å². The number of fused-ring (bicyclic) bond motifs is 1. The van der Waals surface area contributed by atoms with Crippen LogP contribution in [0.3, 0.4) is 0 Å². The summed E-state index contributed by atoms with van der Waals surface area (Å²) < 4.78 is 8.10. The van der Waals surface area contributed by atoms with Gasteiger partial charge in [0.1, 0.15) is 4.70 Å². The Labute approximate surface area is 171 Å². The highest BCUT2D eigenvalue weighted by atomic mass is 35.5. The standard InChI is InChI=1S/C20H21ClN2O2S2/c1-2-23-19(24)18-16(9-12-26-18)22-20(23)27-17(14-7-10-25-11-8-14)13-3-5-15(21)6-4-13/h3-6,9,12,14,17H,2,7-8,10-11H2,1H3/t17-/m1/s1. The summed E-state index contributed by atoms with van der Waals surface area (Å²) in [7, 11) is 0. The van der Waals surface area contributed by atoms with Crippen LogP contribution in [0.15, 0.2) is 45.7 Å². The van der Waals surface area contributed by atoms with Gasteiger partial charge in [-0.2, -0.15) is 0 Å². The Morgan fingerprint density at radius 2 is 2.04 bits per heavy atom. The molecule has 27 heavy (non-hydrogen) atoms. The van der Waals surface area contributed by atoms with Crippen molar-refractivity contribution in [1.82, 2.24) is 9.55 Å². The van der Waals surface area contributed by atoms with Crippen molar-refractivity contribution in [1.29, 1.82) is 0 Å². The van der Waals surface area contributed by atoms with Crippen LogP contribution in [-0.4, -0.2) is 22.8 Å². The van der Waals surface area contributed by atoms with Crippen LogP contribution in [0.25, 0.3) is 10.2 Å². The molecule has 142 valence electrons. The lowest BCUT2D eigenvalue weighted by molar-refractivity contribution is 0.0656. The van der Waals surface area contributed by atoms with E-state index in [0.29, 0.717) is 12.5 Å². The number of ether oxygens (including phenoxy) is 1. The lowest BCUT2D eigenvalue weighted by Crippen LogP contribution is -2.24. The largest absolute Gasteiger partial charge is 0.381 e. The van der Waals surface area contributed by atoms with Crippen LogP contribution in [0.5, 0.6) is 0 Å². The number of aromatic nitrogens is 2. The molecule has 0 amide bonds. The maximum Gasteiger partial charge on any atom is 0.272 e. The summed E-state index contributed by atoms with van der Waals surface area (Å²) in [4.78, 5) is 17.7. The van der Waals surface area contributed by atoms with Crippen molar-refractivity contribution in [3.05, 3.63) is 56.7 Å². The lowest BCUT2D eigenvalue weighted by atomic mass is 9.92. The summed E-state index contributed by atoms with van der Waals surface area (Å²) in [5.74, 6) is 0.477. The van der Waals surface area contributed by atoms with Gasteiger partial charge in [0, 0.05) is 30.0 Å². The van der Waals surface area contributed by atoms with Crippen LogP contribution >= 0.6 is 34.7 Å². The third kappa shape index (κ3) is 3.94. The first kappa shape index (κ1) is 19.0. The van der Waals surface area contributed by atoms with Gasteiger partial charge in [-0.15, -0.1) is 11.3 Å². The summed E-state index contributed by atoms with van der Waals surface area (Å²) in [5, 5.41) is 3.67. The molecule has 0 bridgehead atoms. The van der Waals surface area contributed by atoms with Crippen molar-refractivity contribution in [3.8, 4) is 0 Å². The van der Waals surface area contributed by atoms with E-state index < -0.39 is 0 Å². The zero-order valence-electron chi connectivity index (χ0n) is 15.1. The van der Waals surface area contributed by atoms with E-state index in [1.54, 1.807) is 16.3 Å². The molecular weight excluding hydrogens is 400 g/mol. The third-order valence-electron chi connectivity index (χ3n) is 4.97. The van der Waals surface area contributed by atoms with Gasteiger partial charge in [0.2, 0.25) is 0 Å². The predicted octanol–water partition coefficient (Wildman–Crippen LogP) is 5.39. The highest BCUT2D eigenvalue weighted by Gasteiger charge is 2.28. The van der Waals surface area contributed by atoms with E-state index in [1.807, 2.05) is 30.5 Å². The van der Waals surface area contributed by atoms with Crippen molar-refractivity contribution >= 4 is 44.9 Å². The molecule has 1 aliphatic rings. The molecular formula is C20H21ClN2O2S2. The van der Waals surface area contributed by atoms with E-state index in [9.17, 15) is 4.79 Å². The molecule has 0 unspecified atom stereocenters. The zero-order valence-corrected chi connectivity index (χ0v) is 17.4. The SMILES string of the molecule is CCn1c(S[C@H](c2ccc(Cl)cc2)C2CCOCC2)nc2ccsc2c1=O. The quantitative estimate of drug-likeness (QED) is 0.410. The van der Waals surface area contributed by atoms with E-state index in [-0.39, 0.29) is 10.8 Å². The number of rotatable bonds is 5. The number of benzene rings is 1. The van der Waals surface area contributed by atoms with E-state index in [4.69, 9.17) is 21.3 Å². The Morgan fingerprint density at radius 1 is 1.30 bits per heavy atom. The number of thioether (sulfide) groups is 1. The molecule has 3 aromatic rings. The molecule has 0 spiro atoms. The van der Waals surface area contributed by atoms with Crippen molar-refractivity contribution in [3.63, 3.8) is 0 Å². The van der Waals surface area contributed by atoms with Gasteiger partial charge >= 0.3 is 0 Å². The Hall–Kier alpha value is -1.34. The van der Waals surface area contributed by atoms with Crippen molar-refractivity contribution < 1.29 is 4.74 Å². The van der Waals surface area contributed by atoms with E-state index in [2.05, 4.69) is 12.1 Å². The molecule has 0 radical (unpaired) electrons. The van der Waals surface area contributed by atoms with E-state index in [0.717, 1.165) is 46.5 Å². The number of halogens is 1. The van der Waals surface area contributed by atoms with Crippen molar-refractivity contribution in [2.45, 2.75) is 36.7 Å². The van der Waals surface area contributed by atoms with Gasteiger partial charge in [-0.05, 0) is 54.8 Å². The van der Waals surface area contributed by atoms with Gasteiger partial charge in [-0.1, -0.05) is 35.5 Å². The predicted molar refractivity (Wildman–Crippen MR) is 113 cm³/mol. The average molecular weight is 421 g/mol. The minimum Gasteiger partial charge on any atom is -0.381 e.